The van der Waals surface area contributed by atoms with Crippen molar-refractivity contribution in [2.45, 2.75) is 19.8 Å². The highest BCUT2D eigenvalue weighted by atomic mass is 35.5. The fourth-order valence-corrected chi connectivity index (χ4v) is 2.65. The highest BCUT2D eigenvalue weighted by molar-refractivity contribution is 6.33. The van der Waals surface area contributed by atoms with Gasteiger partial charge in [-0.2, -0.15) is 0 Å². The number of carbonyl (C=O) groups excluding carboxylic acids is 2. The predicted molar refractivity (Wildman–Crippen MR) is 91.5 cm³/mol. The number of carbonyl (C=O) groups is 3. The molecule has 1 fully saturated rings. The number of anilines is 2. The van der Waals surface area contributed by atoms with Crippen LogP contribution < -0.4 is 10.2 Å². The summed E-state index contributed by atoms with van der Waals surface area (Å²) in [7, 11) is 1.51. The van der Waals surface area contributed by atoms with Gasteiger partial charge >= 0.3 is 12.0 Å². The standard InChI is InChI=1S/C16H20ClN3O4/c1-10(15(22)23)9-19(2)16(24)18-13-8-11(5-6-12(13)17)20-7-3-4-14(20)21/h5-6,8,10H,3-4,7,9H2,1-2H3,(H,18,24)(H,22,23). The number of rotatable bonds is 5. The molecule has 1 aliphatic rings. The van der Waals surface area contributed by atoms with Crippen LogP contribution in [0.3, 0.4) is 0 Å². The summed E-state index contributed by atoms with van der Waals surface area (Å²) < 4.78 is 0. The molecule has 0 aromatic heterocycles. The summed E-state index contributed by atoms with van der Waals surface area (Å²) in [5.41, 5.74) is 1.06. The van der Waals surface area contributed by atoms with Crippen LogP contribution >= 0.6 is 11.6 Å². The minimum atomic E-state index is -0.970. The maximum atomic E-state index is 12.2. The molecule has 3 amide bonds. The number of aliphatic carboxylic acids is 1. The molecule has 1 unspecified atom stereocenters. The molecule has 0 bridgehead atoms. The Labute approximate surface area is 145 Å². The molecule has 0 radical (unpaired) electrons. The highest BCUT2D eigenvalue weighted by Gasteiger charge is 2.23. The average molecular weight is 354 g/mol. The van der Waals surface area contributed by atoms with Gasteiger partial charge in [-0.1, -0.05) is 18.5 Å². The zero-order valence-electron chi connectivity index (χ0n) is 13.6. The number of benzene rings is 1. The Morgan fingerprint density at radius 2 is 2.17 bits per heavy atom. The van der Waals surface area contributed by atoms with Crippen LogP contribution in [0.5, 0.6) is 0 Å². The number of hydrogen-bond acceptors (Lipinski definition) is 3. The third-order valence-corrected chi connectivity index (χ3v) is 4.22. The Morgan fingerprint density at radius 3 is 2.75 bits per heavy atom. The summed E-state index contributed by atoms with van der Waals surface area (Å²) in [5.74, 6) is -1.60. The monoisotopic (exact) mass is 353 g/mol. The molecule has 0 spiro atoms. The molecular formula is C16H20ClN3O4. The number of urea groups is 1. The topological polar surface area (TPSA) is 90.0 Å². The van der Waals surface area contributed by atoms with Crippen LogP contribution in [0.4, 0.5) is 16.2 Å². The van der Waals surface area contributed by atoms with Crippen molar-refractivity contribution in [1.82, 2.24) is 4.90 Å². The number of hydrogen-bond donors (Lipinski definition) is 2. The lowest BCUT2D eigenvalue weighted by molar-refractivity contribution is -0.141. The van der Waals surface area contributed by atoms with Gasteiger partial charge in [-0.25, -0.2) is 4.79 Å². The van der Waals surface area contributed by atoms with E-state index >= 15 is 0 Å². The van der Waals surface area contributed by atoms with E-state index in [0.717, 1.165) is 6.42 Å². The fourth-order valence-electron chi connectivity index (χ4n) is 2.48. The van der Waals surface area contributed by atoms with E-state index < -0.39 is 17.9 Å². The minimum Gasteiger partial charge on any atom is -0.481 e. The van der Waals surface area contributed by atoms with Gasteiger partial charge in [-0.05, 0) is 24.6 Å². The van der Waals surface area contributed by atoms with Crippen LogP contribution in [0.25, 0.3) is 0 Å². The molecule has 8 heteroatoms. The molecule has 2 rings (SSSR count). The molecule has 7 nitrogen and oxygen atoms in total. The maximum absolute atomic E-state index is 12.2. The number of nitrogens with one attached hydrogen (secondary N) is 1. The second-order valence-corrected chi connectivity index (χ2v) is 6.27. The van der Waals surface area contributed by atoms with Gasteiger partial charge < -0.3 is 20.2 Å². The Bertz CT molecular complexity index is 665. The quantitative estimate of drug-likeness (QED) is 0.851. The molecular weight excluding hydrogens is 334 g/mol. The molecule has 1 saturated heterocycles. The number of carboxylic acid groups (broad SMARTS) is 1. The smallest absolute Gasteiger partial charge is 0.321 e. The molecule has 1 aromatic rings. The summed E-state index contributed by atoms with van der Waals surface area (Å²) >= 11 is 6.11. The van der Waals surface area contributed by atoms with E-state index in [1.54, 1.807) is 23.1 Å². The van der Waals surface area contributed by atoms with Crippen LogP contribution in [-0.4, -0.2) is 48.1 Å². The number of halogens is 1. The summed E-state index contributed by atoms with van der Waals surface area (Å²) in [6, 6.07) is 4.54. The van der Waals surface area contributed by atoms with Gasteiger partial charge in [-0.3, -0.25) is 9.59 Å². The molecule has 0 aliphatic carbocycles. The average Bonchev–Trinajstić information content (AvgIpc) is 2.95. The second-order valence-electron chi connectivity index (χ2n) is 5.86. The number of nitrogens with zero attached hydrogens (tertiary/aromatic N) is 2. The maximum Gasteiger partial charge on any atom is 0.321 e. The Hall–Kier alpha value is -2.28. The van der Waals surface area contributed by atoms with Gasteiger partial charge in [0, 0.05) is 32.2 Å². The van der Waals surface area contributed by atoms with E-state index in [2.05, 4.69) is 5.32 Å². The Kier molecular flexibility index (Phi) is 5.66. The van der Waals surface area contributed by atoms with E-state index in [9.17, 15) is 14.4 Å². The van der Waals surface area contributed by atoms with Gasteiger partial charge in [0.25, 0.3) is 0 Å². The van der Waals surface area contributed by atoms with E-state index in [0.29, 0.717) is 29.4 Å². The van der Waals surface area contributed by atoms with Gasteiger partial charge in [0.05, 0.1) is 16.6 Å². The van der Waals surface area contributed by atoms with Crippen LogP contribution in [0, 0.1) is 5.92 Å². The number of carboxylic acids is 1. The van der Waals surface area contributed by atoms with Crippen molar-refractivity contribution in [2.24, 2.45) is 5.92 Å². The highest BCUT2D eigenvalue weighted by Crippen LogP contribution is 2.30. The van der Waals surface area contributed by atoms with Crippen molar-refractivity contribution in [2.75, 3.05) is 30.4 Å². The summed E-state index contributed by atoms with van der Waals surface area (Å²) in [6.07, 6.45) is 1.32. The van der Waals surface area contributed by atoms with Gasteiger partial charge in [-0.15, -0.1) is 0 Å². The third-order valence-electron chi connectivity index (χ3n) is 3.89. The molecule has 1 heterocycles. The molecule has 24 heavy (non-hydrogen) atoms. The van der Waals surface area contributed by atoms with Crippen LogP contribution in [0.2, 0.25) is 5.02 Å². The van der Waals surface area contributed by atoms with E-state index in [1.807, 2.05) is 0 Å². The first-order valence-electron chi connectivity index (χ1n) is 7.64. The Balaban J connectivity index is 2.09. The molecule has 1 aliphatic heterocycles. The molecule has 1 atom stereocenters. The first-order chi connectivity index (χ1) is 11.3. The van der Waals surface area contributed by atoms with Gasteiger partial charge in [0.15, 0.2) is 0 Å². The van der Waals surface area contributed by atoms with Crippen molar-refractivity contribution >= 4 is 40.9 Å². The predicted octanol–water partition coefficient (Wildman–Crippen LogP) is 2.65. The van der Waals surface area contributed by atoms with Crippen LogP contribution in [0.1, 0.15) is 19.8 Å². The lowest BCUT2D eigenvalue weighted by atomic mass is 10.2. The Morgan fingerprint density at radius 1 is 1.46 bits per heavy atom. The molecule has 2 N–H and O–H groups in total. The molecule has 130 valence electrons. The van der Waals surface area contributed by atoms with Crippen molar-refractivity contribution in [3.05, 3.63) is 23.2 Å². The van der Waals surface area contributed by atoms with Crippen LogP contribution in [-0.2, 0) is 9.59 Å². The van der Waals surface area contributed by atoms with E-state index in [-0.39, 0.29) is 12.5 Å². The third kappa shape index (κ3) is 4.17. The second kappa shape index (κ2) is 7.53. The largest absolute Gasteiger partial charge is 0.481 e. The van der Waals surface area contributed by atoms with Crippen molar-refractivity contribution < 1.29 is 19.5 Å². The van der Waals surface area contributed by atoms with Gasteiger partial charge in [0.1, 0.15) is 0 Å². The fraction of sp³-hybridized carbons (Fsp3) is 0.438. The van der Waals surface area contributed by atoms with Crippen molar-refractivity contribution in [3.8, 4) is 0 Å². The summed E-state index contributed by atoms with van der Waals surface area (Å²) in [4.78, 5) is 37.8. The van der Waals surface area contributed by atoms with Crippen LogP contribution in [0.15, 0.2) is 18.2 Å². The summed E-state index contributed by atoms with van der Waals surface area (Å²) in [5, 5.41) is 11.9. The zero-order valence-corrected chi connectivity index (χ0v) is 14.3. The van der Waals surface area contributed by atoms with Crippen molar-refractivity contribution in [1.29, 1.82) is 0 Å². The molecule has 1 aromatic carbocycles. The van der Waals surface area contributed by atoms with E-state index in [1.165, 1.54) is 18.9 Å². The minimum absolute atomic E-state index is 0.0435. The summed E-state index contributed by atoms with van der Waals surface area (Å²) in [6.45, 7) is 2.24. The van der Waals surface area contributed by atoms with Crippen molar-refractivity contribution in [3.63, 3.8) is 0 Å². The normalized spacial score (nSPS) is 15.3. The van der Waals surface area contributed by atoms with Gasteiger partial charge in [0.2, 0.25) is 5.91 Å². The zero-order chi connectivity index (χ0) is 17.9. The van der Waals surface area contributed by atoms with E-state index in [4.69, 9.17) is 16.7 Å². The molecule has 0 saturated carbocycles. The number of amides is 3. The lowest BCUT2D eigenvalue weighted by Gasteiger charge is -2.21. The first kappa shape index (κ1) is 18.1. The SMILES string of the molecule is CC(CN(C)C(=O)Nc1cc(N2CCCC2=O)ccc1Cl)C(=O)O. The lowest BCUT2D eigenvalue weighted by Crippen LogP contribution is -2.36. The first-order valence-corrected chi connectivity index (χ1v) is 8.02.